The molecule has 0 aromatic heterocycles. The van der Waals surface area contributed by atoms with Crippen molar-refractivity contribution in [2.24, 2.45) is 0 Å². The second-order valence-electron chi connectivity index (χ2n) is 5.12. The van der Waals surface area contributed by atoms with E-state index in [2.05, 4.69) is 18.7 Å². The van der Waals surface area contributed by atoms with Gasteiger partial charge in [0.05, 0.1) is 6.10 Å². The van der Waals surface area contributed by atoms with Crippen LogP contribution in [0.4, 0.5) is 5.69 Å². The van der Waals surface area contributed by atoms with E-state index < -0.39 is 6.10 Å². The van der Waals surface area contributed by atoms with Crippen LogP contribution < -0.4 is 5.73 Å². The number of anilines is 1. The van der Waals surface area contributed by atoms with Crippen molar-refractivity contribution >= 4 is 17.4 Å². The number of thioether (sulfide) groups is 1. The fourth-order valence-electron chi connectivity index (χ4n) is 2.59. The number of β-amino-alcohol motifs (C(OH)–C–C–N with tert-alkyl or cyclic N) is 1. The lowest BCUT2D eigenvalue weighted by Crippen LogP contribution is -2.42. The van der Waals surface area contributed by atoms with Crippen molar-refractivity contribution in [1.29, 1.82) is 0 Å². The number of aliphatic hydroxyl groups is 1. The first-order valence-electron chi connectivity index (χ1n) is 6.46. The second-order valence-corrected chi connectivity index (χ2v) is 7.00. The molecule has 1 aromatic carbocycles. The lowest BCUT2D eigenvalue weighted by molar-refractivity contribution is 0.113. The first-order chi connectivity index (χ1) is 8.56. The highest BCUT2D eigenvalue weighted by atomic mass is 32.2. The fourth-order valence-corrected chi connectivity index (χ4v) is 3.98. The summed E-state index contributed by atoms with van der Waals surface area (Å²) in [5.41, 5.74) is 7.42. The highest BCUT2D eigenvalue weighted by molar-refractivity contribution is 8.00. The molecule has 0 spiro atoms. The van der Waals surface area contributed by atoms with Crippen LogP contribution in [0, 0.1) is 0 Å². The van der Waals surface area contributed by atoms with E-state index in [-0.39, 0.29) is 0 Å². The Morgan fingerprint density at radius 3 is 2.56 bits per heavy atom. The van der Waals surface area contributed by atoms with E-state index in [1.807, 2.05) is 36.0 Å². The van der Waals surface area contributed by atoms with Crippen molar-refractivity contribution in [2.75, 3.05) is 25.4 Å². The van der Waals surface area contributed by atoms with E-state index in [0.717, 1.165) is 18.7 Å². The smallest absolute Gasteiger partial charge is 0.0936 e. The third-order valence-electron chi connectivity index (χ3n) is 3.28. The molecular formula is C14H22N2OS. The molecule has 1 heterocycles. The van der Waals surface area contributed by atoms with Gasteiger partial charge in [-0.3, -0.25) is 4.90 Å². The molecule has 3 unspecified atom stereocenters. The first kappa shape index (κ1) is 13.7. The molecule has 0 saturated carbocycles. The maximum Gasteiger partial charge on any atom is 0.0936 e. The molecule has 0 bridgehead atoms. The first-order valence-corrected chi connectivity index (χ1v) is 7.41. The SMILES string of the molecule is CC1CN(CC(O)c2ccccc2N)CC(C)S1. The zero-order valence-electron chi connectivity index (χ0n) is 11.0. The summed E-state index contributed by atoms with van der Waals surface area (Å²) in [7, 11) is 0. The number of nitrogens with two attached hydrogens (primary N) is 1. The molecule has 3 N–H and O–H groups in total. The van der Waals surface area contributed by atoms with Crippen LogP contribution in [0.25, 0.3) is 0 Å². The van der Waals surface area contributed by atoms with Crippen LogP contribution in [0.5, 0.6) is 0 Å². The molecule has 3 atom stereocenters. The number of nitrogens with zero attached hydrogens (tertiary/aromatic N) is 1. The quantitative estimate of drug-likeness (QED) is 0.823. The Balaban J connectivity index is 1.99. The summed E-state index contributed by atoms with van der Waals surface area (Å²) < 4.78 is 0. The molecule has 2 rings (SSSR count). The maximum absolute atomic E-state index is 10.3. The summed E-state index contributed by atoms with van der Waals surface area (Å²) in [5.74, 6) is 0. The summed E-state index contributed by atoms with van der Waals surface area (Å²) >= 11 is 2.02. The number of hydrogen-bond acceptors (Lipinski definition) is 4. The number of para-hydroxylation sites is 1. The third-order valence-corrected chi connectivity index (χ3v) is 4.51. The minimum absolute atomic E-state index is 0.492. The number of nitrogen functional groups attached to an aromatic ring is 1. The average Bonchev–Trinajstić information content (AvgIpc) is 2.27. The van der Waals surface area contributed by atoms with Gasteiger partial charge in [-0.25, -0.2) is 0 Å². The Morgan fingerprint density at radius 1 is 1.33 bits per heavy atom. The standard InChI is InChI=1S/C14H22N2OS/c1-10-7-16(8-11(2)18-10)9-14(17)12-5-3-4-6-13(12)15/h3-6,10-11,14,17H,7-9,15H2,1-2H3. The zero-order chi connectivity index (χ0) is 13.1. The van der Waals surface area contributed by atoms with Crippen molar-refractivity contribution in [3.8, 4) is 0 Å². The average molecular weight is 266 g/mol. The predicted molar refractivity (Wildman–Crippen MR) is 78.8 cm³/mol. The minimum Gasteiger partial charge on any atom is -0.398 e. The Hall–Kier alpha value is -0.710. The van der Waals surface area contributed by atoms with Crippen molar-refractivity contribution in [1.82, 2.24) is 4.90 Å². The molecule has 100 valence electrons. The van der Waals surface area contributed by atoms with E-state index >= 15 is 0 Å². The van der Waals surface area contributed by atoms with Gasteiger partial charge in [0.2, 0.25) is 0 Å². The Morgan fingerprint density at radius 2 is 1.94 bits per heavy atom. The topological polar surface area (TPSA) is 49.5 Å². The van der Waals surface area contributed by atoms with Crippen LogP contribution in [-0.4, -0.2) is 40.1 Å². The van der Waals surface area contributed by atoms with Crippen LogP contribution in [0.3, 0.4) is 0 Å². The summed E-state index contributed by atoms with van der Waals surface area (Å²) in [6, 6.07) is 7.57. The van der Waals surface area contributed by atoms with Crippen LogP contribution >= 0.6 is 11.8 Å². The molecule has 0 radical (unpaired) electrons. The van der Waals surface area contributed by atoms with Gasteiger partial charge in [0, 0.05) is 41.4 Å². The zero-order valence-corrected chi connectivity index (χ0v) is 11.9. The van der Waals surface area contributed by atoms with Crippen molar-refractivity contribution in [2.45, 2.75) is 30.5 Å². The molecule has 3 nitrogen and oxygen atoms in total. The van der Waals surface area contributed by atoms with Gasteiger partial charge in [0.15, 0.2) is 0 Å². The normalized spacial score (nSPS) is 27.1. The molecule has 1 saturated heterocycles. The van der Waals surface area contributed by atoms with E-state index in [4.69, 9.17) is 5.73 Å². The summed E-state index contributed by atoms with van der Waals surface area (Å²) in [6.07, 6.45) is -0.492. The van der Waals surface area contributed by atoms with Crippen LogP contribution in [-0.2, 0) is 0 Å². The molecule has 1 aliphatic heterocycles. The monoisotopic (exact) mass is 266 g/mol. The fraction of sp³-hybridized carbons (Fsp3) is 0.571. The molecule has 18 heavy (non-hydrogen) atoms. The molecule has 0 aliphatic carbocycles. The van der Waals surface area contributed by atoms with Gasteiger partial charge in [-0.2, -0.15) is 11.8 Å². The molecule has 0 amide bonds. The summed E-state index contributed by atoms with van der Waals surface area (Å²) in [5, 5.41) is 11.6. The lowest BCUT2D eigenvalue weighted by atomic mass is 10.1. The molecule has 1 aliphatic rings. The molecule has 1 fully saturated rings. The Kier molecular flexibility index (Phi) is 4.54. The van der Waals surface area contributed by atoms with E-state index in [1.54, 1.807) is 0 Å². The highest BCUT2D eigenvalue weighted by Gasteiger charge is 2.24. The molecule has 1 aromatic rings. The number of rotatable bonds is 3. The summed E-state index contributed by atoms with van der Waals surface area (Å²) in [4.78, 5) is 2.34. The Labute approximate surface area is 113 Å². The minimum atomic E-state index is -0.492. The van der Waals surface area contributed by atoms with Crippen LogP contribution in [0.2, 0.25) is 0 Å². The third kappa shape index (κ3) is 3.40. The number of aliphatic hydroxyl groups excluding tert-OH is 1. The van der Waals surface area contributed by atoms with Gasteiger partial charge in [-0.1, -0.05) is 32.0 Å². The highest BCUT2D eigenvalue weighted by Crippen LogP contribution is 2.27. The molecular weight excluding hydrogens is 244 g/mol. The molecule has 4 heteroatoms. The van der Waals surface area contributed by atoms with E-state index in [0.29, 0.717) is 22.7 Å². The maximum atomic E-state index is 10.3. The van der Waals surface area contributed by atoms with E-state index in [9.17, 15) is 5.11 Å². The van der Waals surface area contributed by atoms with Gasteiger partial charge in [-0.15, -0.1) is 0 Å². The van der Waals surface area contributed by atoms with Gasteiger partial charge in [0.25, 0.3) is 0 Å². The van der Waals surface area contributed by atoms with Gasteiger partial charge in [0.1, 0.15) is 0 Å². The van der Waals surface area contributed by atoms with Gasteiger partial charge >= 0.3 is 0 Å². The van der Waals surface area contributed by atoms with Gasteiger partial charge in [-0.05, 0) is 6.07 Å². The number of hydrogen-bond donors (Lipinski definition) is 2. The van der Waals surface area contributed by atoms with Gasteiger partial charge < -0.3 is 10.8 Å². The van der Waals surface area contributed by atoms with Crippen LogP contribution in [0.15, 0.2) is 24.3 Å². The van der Waals surface area contributed by atoms with Crippen molar-refractivity contribution in [3.05, 3.63) is 29.8 Å². The lowest BCUT2D eigenvalue weighted by Gasteiger charge is -2.35. The predicted octanol–water partition coefficient (Wildman–Crippen LogP) is 2.13. The summed E-state index contributed by atoms with van der Waals surface area (Å²) in [6.45, 7) is 7.24. The van der Waals surface area contributed by atoms with E-state index in [1.165, 1.54) is 0 Å². The van der Waals surface area contributed by atoms with Crippen molar-refractivity contribution < 1.29 is 5.11 Å². The van der Waals surface area contributed by atoms with Crippen LogP contribution in [0.1, 0.15) is 25.5 Å². The second kappa shape index (κ2) is 5.95. The number of benzene rings is 1. The Bertz CT molecular complexity index is 389. The van der Waals surface area contributed by atoms with Crippen molar-refractivity contribution in [3.63, 3.8) is 0 Å². The largest absolute Gasteiger partial charge is 0.398 e.